The van der Waals surface area contributed by atoms with Gasteiger partial charge in [0.05, 0.1) is 6.61 Å². The predicted molar refractivity (Wildman–Crippen MR) is 39.1 cm³/mol. The maximum Gasteiger partial charge on any atom is 0.305 e. The summed E-state index contributed by atoms with van der Waals surface area (Å²) in [5, 5.41) is 13.0. The van der Waals surface area contributed by atoms with E-state index in [0.29, 0.717) is 25.3 Å². The highest BCUT2D eigenvalue weighted by atomic mass is 16.5. The van der Waals surface area contributed by atoms with Crippen molar-refractivity contribution in [2.45, 2.75) is 19.8 Å². The summed E-state index contributed by atoms with van der Waals surface area (Å²) in [6.07, 6.45) is 0.924. The smallest absolute Gasteiger partial charge is 0.305 e. The summed E-state index contributed by atoms with van der Waals surface area (Å²) in [5.41, 5.74) is 0. The van der Waals surface area contributed by atoms with E-state index in [1.807, 2.05) is 0 Å². The van der Waals surface area contributed by atoms with Crippen LogP contribution in [0.25, 0.3) is 0 Å². The van der Waals surface area contributed by atoms with E-state index in [4.69, 9.17) is 4.74 Å². The Bertz CT molecular complexity index is 234. The summed E-state index contributed by atoms with van der Waals surface area (Å²) in [4.78, 5) is 10.7. The zero-order valence-corrected chi connectivity index (χ0v) is 6.78. The predicted octanol–water partition coefficient (Wildman–Crippen LogP) is -0.305. The lowest BCUT2D eigenvalue weighted by atomic mass is 10.4. The van der Waals surface area contributed by atoms with E-state index in [-0.39, 0.29) is 5.97 Å². The van der Waals surface area contributed by atoms with Gasteiger partial charge in [0, 0.05) is 12.8 Å². The Morgan fingerprint density at radius 2 is 2.50 bits per heavy atom. The Morgan fingerprint density at radius 1 is 1.67 bits per heavy atom. The fourth-order valence-corrected chi connectivity index (χ4v) is 0.648. The summed E-state index contributed by atoms with van der Waals surface area (Å²) < 4.78 is 4.81. The van der Waals surface area contributed by atoms with Crippen LogP contribution in [0.3, 0.4) is 0 Å². The first-order valence-corrected chi connectivity index (χ1v) is 3.71. The summed E-state index contributed by atoms with van der Waals surface area (Å²) >= 11 is 0. The molecule has 0 atom stereocenters. The van der Waals surface area contributed by atoms with Crippen molar-refractivity contribution in [2.75, 3.05) is 6.61 Å². The zero-order chi connectivity index (χ0) is 8.81. The van der Waals surface area contributed by atoms with Gasteiger partial charge in [-0.05, 0) is 10.4 Å². The Labute approximate surface area is 69.3 Å². The number of hydrogen-bond donors (Lipinski definition) is 1. The van der Waals surface area contributed by atoms with Crippen molar-refractivity contribution in [3.05, 3.63) is 5.82 Å². The number of esters is 1. The Balaban J connectivity index is 2.15. The number of tetrazole rings is 1. The van der Waals surface area contributed by atoms with Crippen molar-refractivity contribution in [2.24, 2.45) is 0 Å². The third kappa shape index (κ3) is 2.65. The van der Waals surface area contributed by atoms with E-state index in [0.717, 1.165) is 0 Å². The van der Waals surface area contributed by atoms with Gasteiger partial charge in [0.1, 0.15) is 0 Å². The highest BCUT2D eigenvalue weighted by Crippen LogP contribution is 1.89. The van der Waals surface area contributed by atoms with E-state index in [9.17, 15) is 4.79 Å². The largest absolute Gasteiger partial charge is 0.465 e. The fourth-order valence-electron chi connectivity index (χ4n) is 0.648. The molecule has 1 heterocycles. The second-order valence-corrected chi connectivity index (χ2v) is 2.17. The number of aromatic amines is 1. The molecule has 0 aliphatic carbocycles. The molecule has 0 saturated heterocycles. The van der Waals surface area contributed by atoms with E-state index >= 15 is 0 Å². The van der Waals surface area contributed by atoms with Gasteiger partial charge in [-0.15, -0.1) is 5.10 Å². The van der Waals surface area contributed by atoms with Crippen molar-refractivity contribution >= 4 is 5.97 Å². The lowest BCUT2D eigenvalue weighted by molar-refractivity contribution is -0.143. The number of H-pyrrole nitrogens is 1. The quantitative estimate of drug-likeness (QED) is 0.627. The highest BCUT2D eigenvalue weighted by Gasteiger charge is 2.00. The number of ether oxygens (including phenoxy) is 1. The molecule has 66 valence electrons. The van der Waals surface area contributed by atoms with Crippen molar-refractivity contribution in [3.8, 4) is 0 Å². The molecular formula is C6H10N4O2. The van der Waals surface area contributed by atoms with E-state index < -0.39 is 0 Å². The normalized spacial score (nSPS) is 9.75. The minimum absolute atomic E-state index is 0.206. The molecule has 0 spiro atoms. The van der Waals surface area contributed by atoms with Crippen LogP contribution >= 0.6 is 0 Å². The number of carbonyl (C=O) groups is 1. The minimum atomic E-state index is -0.206. The first-order valence-electron chi connectivity index (χ1n) is 3.71. The Morgan fingerprint density at radius 3 is 3.08 bits per heavy atom. The SMILES string of the molecule is CCC(=O)OCCc1nnn[nH]1. The number of nitrogens with zero attached hydrogens (tertiary/aromatic N) is 3. The van der Waals surface area contributed by atoms with Gasteiger partial charge >= 0.3 is 5.97 Å². The van der Waals surface area contributed by atoms with Crippen LogP contribution in [-0.4, -0.2) is 33.2 Å². The zero-order valence-electron chi connectivity index (χ0n) is 6.78. The molecule has 0 aliphatic heterocycles. The highest BCUT2D eigenvalue weighted by molar-refractivity contribution is 5.68. The van der Waals surface area contributed by atoms with Crippen LogP contribution < -0.4 is 0 Å². The fraction of sp³-hybridized carbons (Fsp3) is 0.667. The molecule has 0 amide bonds. The molecule has 6 heteroatoms. The van der Waals surface area contributed by atoms with Crippen LogP contribution in [0.1, 0.15) is 19.2 Å². The van der Waals surface area contributed by atoms with Crippen LogP contribution in [0.15, 0.2) is 0 Å². The van der Waals surface area contributed by atoms with Crippen molar-refractivity contribution < 1.29 is 9.53 Å². The molecule has 1 rings (SSSR count). The monoisotopic (exact) mass is 170 g/mol. The van der Waals surface area contributed by atoms with Gasteiger partial charge in [0.2, 0.25) is 0 Å². The molecule has 6 nitrogen and oxygen atoms in total. The van der Waals surface area contributed by atoms with E-state index in [1.165, 1.54) is 0 Å². The Hall–Kier alpha value is -1.46. The molecule has 0 fully saturated rings. The van der Waals surface area contributed by atoms with Crippen LogP contribution in [0.5, 0.6) is 0 Å². The van der Waals surface area contributed by atoms with Gasteiger partial charge < -0.3 is 4.74 Å². The molecule has 1 aromatic rings. The van der Waals surface area contributed by atoms with Crippen LogP contribution in [0.4, 0.5) is 0 Å². The summed E-state index contributed by atoms with van der Waals surface area (Å²) in [7, 11) is 0. The maximum absolute atomic E-state index is 10.7. The lowest BCUT2D eigenvalue weighted by Crippen LogP contribution is -2.06. The summed E-state index contributed by atoms with van der Waals surface area (Å²) in [6, 6.07) is 0. The average molecular weight is 170 g/mol. The molecule has 0 aliphatic rings. The first-order chi connectivity index (χ1) is 5.83. The van der Waals surface area contributed by atoms with Gasteiger partial charge in [-0.1, -0.05) is 6.92 Å². The number of aromatic nitrogens is 4. The van der Waals surface area contributed by atoms with Crippen LogP contribution in [-0.2, 0) is 16.0 Å². The molecule has 0 saturated carbocycles. The standard InChI is InChI=1S/C6H10N4O2/c1-2-6(11)12-4-3-5-7-9-10-8-5/h2-4H2,1H3,(H,7,8,9,10). The number of rotatable bonds is 4. The number of carbonyl (C=O) groups excluding carboxylic acids is 1. The van der Waals surface area contributed by atoms with E-state index in [2.05, 4.69) is 20.6 Å². The van der Waals surface area contributed by atoms with Gasteiger partial charge in [-0.3, -0.25) is 4.79 Å². The maximum atomic E-state index is 10.7. The lowest BCUT2D eigenvalue weighted by Gasteiger charge is -1.99. The number of hydrogen-bond acceptors (Lipinski definition) is 5. The third-order valence-electron chi connectivity index (χ3n) is 1.28. The van der Waals surface area contributed by atoms with Crippen molar-refractivity contribution in [1.82, 2.24) is 20.6 Å². The third-order valence-corrected chi connectivity index (χ3v) is 1.28. The molecule has 0 radical (unpaired) electrons. The van der Waals surface area contributed by atoms with Gasteiger partial charge in [0.25, 0.3) is 0 Å². The second-order valence-electron chi connectivity index (χ2n) is 2.17. The molecule has 1 N–H and O–H groups in total. The van der Waals surface area contributed by atoms with Gasteiger partial charge in [-0.25, -0.2) is 5.10 Å². The van der Waals surface area contributed by atoms with Gasteiger partial charge in [-0.2, -0.15) is 0 Å². The summed E-state index contributed by atoms with van der Waals surface area (Å²) in [5.74, 6) is 0.418. The van der Waals surface area contributed by atoms with Crippen LogP contribution in [0.2, 0.25) is 0 Å². The summed E-state index contributed by atoms with van der Waals surface area (Å²) in [6.45, 7) is 2.07. The van der Waals surface area contributed by atoms with Crippen LogP contribution in [0, 0.1) is 0 Å². The molecular weight excluding hydrogens is 160 g/mol. The van der Waals surface area contributed by atoms with Crippen molar-refractivity contribution in [1.29, 1.82) is 0 Å². The number of nitrogens with one attached hydrogen (secondary N) is 1. The molecule has 0 bridgehead atoms. The topological polar surface area (TPSA) is 80.8 Å². The van der Waals surface area contributed by atoms with Gasteiger partial charge in [0.15, 0.2) is 5.82 Å². The minimum Gasteiger partial charge on any atom is -0.465 e. The molecule has 12 heavy (non-hydrogen) atoms. The molecule has 0 unspecified atom stereocenters. The first kappa shape index (κ1) is 8.63. The Kier molecular flexibility index (Phi) is 3.18. The van der Waals surface area contributed by atoms with E-state index in [1.54, 1.807) is 6.92 Å². The average Bonchev–Trinajstić information content (AvgIpc) is 2.57. The van der Waals surface area contributed by atoms with Crippen molar-refractivity contribution in [3.63, 3.8) is 0 Å². The molecule has 0 aromatic carbocycles. The second kappa shape index (κ2) is 4.42. The molecule has 1 aromatic heterocycles.